The summed E-state index contributed by atoms with van der Waals surface area (Å²) in [6.45, 7) is 6.21. The smallest absolute Gasteiger partial charge is 0.389 e. The molecule has 0 saturated heterocycles. The van der Waals surface area contributed by atoms with Crippen LogP contribution >= 0.6 is 0 Å². The monoisotopic (exact) mass is 298 g/mol. The van der Waals surface area contributed by atoms with Crippen molar-refractivity contribution in [3.05, 3.63) is 0 Å². The van der Waals surface area contributed by atoms with E-state index in [1.165, 1.54) is 20.8 Å². The van der Waals surface area contributed by atoms with Gasteiger partial charge in [0, 0.05) is 0 Å². The molecule has 0 saturated carbocycles. The van der Waals surface area contributed by atoms with Gasteiger partial charge < -0.3 is 9.84 Å². The van der Waals surface area contributed by atoms with Crippen LogP contribution in [0, 0.1) is 11.8 Å². The molecule has 0 amide bonds. The first kappa shape index (κ1) is 18.7. The number of rotatable bonds is 6. The van der Waals surface area contributed by atoms with E-state index in [0.29, 0.717) is 6.42 Å². The molecule has 4 nitrogen and oxygen atoms in total. The van der Waals surface area contributed by atoms with E-state index in [9.17, 15) is 22.8 Å². The highest BCUT2D eigenvalue weighted by atomic mass is 19.4. The van der Waals surface area contributed by atoms with Gasteiger partial charge in [-0.15, -0.1) is 0 Å². The van der Waals surface area contributed by atoms with Crippen LogP contribution in [-0.2, 0) is 14.3 Å². The lowest BCUT2D eigenvalue weighted by Gasteiger charge is -2.27. The molecule has 0 aliphatic rings. The number of carboxylic acid groups (broad SMARTS) is 1. The van der Waals surface area contributed by atoms with Gasteiger partial charge in [0.2, 0.25) is 0 Å². The van der Waals surface area contributed by atoms with Crippen molar-refractivity contribution in [3.8, 4) is 0 Å². The van der Waals surface area contributed by atoms with E-state index in [1.807, 2.05) is 0 Å². The SMILES string of the molecule is CCC[C@@H](C(=O)O)C(CC(F)(F)F)C(=O)OC(C)(C)C. The molecule has 0 rings (SSSR count). The van der Waals surface area contributed by atoms with E-state index < -0.39 is 42.0 Å². The van der Waals surface area contributed by atoms with Gasteiger partial charge in [-0.05, 0) is 27.2 Å². The zero-order valence-electron chi connectivity index (χ0n) is 12.1. The summed E-state index contributed by atoms with van der Waals surface area (Å²) in [4.78, 5) is 23.0. The van der Waals surface area contributed by atoms with Gasteiger partial charge in [0.1, 0.15) is 5.60 Å². The van der Waals surface area contributed by atoms with E-state index >= 15 is 0 Å². The van der Waals surface area contributed by atoms with Crippen LogP contribution in [-0.4, -0.2) is 28.8 Å². The van der Waals surface area contributed by atoms with E-state index in [0.717, 1.165) is 0 Å². The summed E-state index contributed by atoms with van der Waals surface area (Å²) >= 11 is 0. The normalized spacial score (nSPS) is 15.6. The fourth-order valence-electron chi connectivity index (χ4n) is 1.82. The van der Waals surface area contributed by atoms with Crippen molar-refractivity contribution in [1.29, 1.82) is 0 Å². The average Bonchev–Trinajstić information content (AvgIpc) is 2.18. The van der Waals surface area contributed by atoms with Gasteiger partial charge in [0.15, 0.2) is 0 Å². The van der Waals surface area contributed by atoms with E-state index in [1.54, 1.807) is 6.92 Å². The third-order valence-corrected chi connectivity index (χ3v) is 2.56. The first-order valence-corrected chi connectivity index (χ1v) is 6.39. The highest BCUT2D eigenvalue weighted by Gasteiger charge is 2.43. The number of carboxylic acids is 1. The van der Waals surface area contributed by atoms with Crippen LogP contribution in [0.1, 0.15) is 47.0 Å². The molecule has 20 heavy (non-hydrogen) atoms. The number of aliphatic carboxylic acids is 1. The van der Waals surface area contributed by atoms with Crippen molar-refractivity contribution in [3.63, 3.8) is 0 Å². The summed E-state index contributed by atoms with van der Waals surface area (Å²) in [6, 6.07) is 0. The first-order valence-electron chi connectivity index (χ1n) is 6.39. The minimum atomic E-state index is -4.62. The molecule has 0 aromatic heterocycles. The van der Waals surface area contributed by atoms with Crippen LogP contribution in [0.4, 0.5) is 13.2 Å². The Hall–Kier alpha value is -1.27. The Bertz CT molecular complexity index is 345. The largest absolute Gasteiger partial charge is 0.481 e. The third-order valence-electron chi connectivity index (χ3n) is 2.56. The molecule has 1 unspecified atom stereocenters. The zero-order chi connectivity index (χ0) is 16.1. The number of alkyl halides is 3. The van der Waals surface area contributed by atoms with Crippen LogP contribution in [0.25, 0.3) is 0 Å². The van der Waals surface area contributed by atoms with Gasteiger partial charge in [0.25, 0.3) is 0 Å². The van der Waals surface area contributed by atoms with E-state index in [-0.39, 0.29) is 6.42 Å². The van der Waals surface area contributed by atoms with Crippen molar-refractivity contribution in [1.82, 2.24) is 0 Å². The molecule has 0 spiro atoms. The van der Waals surface area contributed by atoms with Crippen molar-refractivity contribution in [2.24, 2.45) is 11.8 Å². The predicted molar refractivity (Wildman–Crippen MR) is 66.0 cm³/mol. The number of hydrogen-bond donors (Lipinski definition) is 1. The van der Waals surface area contributed by atoms with E-state index in [4.69, 9.17) is 9.84 Å². The topological polar surface area (TPSA) is 63.6 Å². The Kier molecular flexibility index (Phi) is 6.50. The van der Waals surface area contributed by atoms with Crippen LogP contribution in [0.15, 0.2) is 0 Å². The van der Waals surface area contributed by atoms with Crippen molar-refractivity contribution in [2.75, 3.05) is 0 Å². The lowest BCUT2D eigenvalue weighted by atomic mass is 9.85. The Morgan fingerprint density at radius 1 is 1.15 bits per heavy atom. The van der Waals surface area contributed by atoms with Crippen LogP contribution in [0.2, 0.25) is 0 Å². The van der Waals surface area contributed by atoms with Gasteiger partial charge in [-0.2, -0.15) is 13.2 Å². The molecule has 2 atom stereocenters. The lowest BCUT2D eigenvalue weighted by Crippen LogP contribution is -2.38. The van der Waals surface area contributed by atoms with E-state index in [2.05, 4.69) is 0 Å². The second kappa shape index (κ2) is 6.95. The van der Waals surface area contributed by atoms with Crippen LogP contribution in [0.5, 0.6) is 0 Å². The lowest BCUT2D eigenvalue weighted by molar-refractivity contribution is -0.183. The fraction of sp³-hybridized carbons (Fsp3) is 0.846. The number of carbonyl (C=O) groups excluding carboxylic acids is 1. The number of halogens is 3. The molecule has 0 aliphatic carbocycles. The first-order chi connectivity index (χ1) is 8.87. The third kappa shape index (κ3) is 7.35. The molecule has 0 heterocycles. The molecule has 0 radical (unpaired) electrons. The number of ether oxygens (including phenoxy) is 1. The number of hydrogen-bond acceptors (Lipinski definition) is 3. The number of esters is 1. The maximum absolute atomic E-state index is 12.6. The Balaban J connectivity index is 5.24. The maximum atomic E-state index is 12.6. The van der Waals surface area contributed by atoms with Crippen molar-refractivity contribution >= 4 is 11.9 Å². The summed E-state index contributed by atoms with van der Waals surface area (Å²) in [6.07, 6.45) is -5.74. The van der Waals surface area contributed by atoms with Gasteiger partial charge in [0.05, 0.1) is 18.3 Å². The van der Waals surface area contributed by atoms with Gasteiger partial charge in [-0.25, -0.2) is 0 Å². The average molecular weight is 298 g/mol. The highest BCUT2D eigenvalue weighted by Crippen LogP contribution is 2.33. The fourth-order valence-corrected chi connectivity index (χ4v) is 1.82. The van der Waals surface area contributed by atoms with Gasteiger partial charge in [-0.3, -0.25) is 9.59 Å². The zero-order valence-corrected chi connectivity index (χ0v) is 12.1. The maximum Gasteiger partial charge on any atom is 0.389 e. The summed E-state index contributed by atoms with van der Waals surface area (Å²) < 4.78 is 42.6. The number of carbonyl (C=O) groups is 2. The second-order valence-corrected chi connectivity index (χ2v) is 5.69. The quantitative estimate of drug-likeness (QED) is 0.763. The van der Waals surface area contributed by atoms with Gasteiger partial charge >= 0.3 is 18.1 Å². The summed E-state index contributed by atoms with van der Waals surface area (Å²) in [5.74, 6) is -5.63. The van der Waals surface area contributed by atoms with Crippen molar-refractivity contribution in [2.45, 2.75) is 58.7 Å². The van der Waals surface area contributed by atoms with Gasteiger partial charge in [-0.1, -0.05) is 13.3 Å². The molecular weight excluding hydrogens is 277 g/mol. The summed E-state index contributed by atoms with van der Waals surface area (Å²) in [5.41, 5.74) is -0.962. The molecule has 0 aromatic carbocycles. The molecule has 0 bridgehead atoms. The predicted octanol–water partition coefficient (Wildman–Crippen LogP) is 3.40. The Morgan fingerprint density at radius 2 is 1.65 bits per heavy atom. The minimum absolute atomic E-state index is 0.00464. The molecule has 1 N–H and O–H groups in total. The molecule has 0 aliphatic heterocycles. The molecular formula is C13H21F3O4. The second-order valence-electron chi connectivity index (χ2n) is 5.69. The molecule has 7 heteroatoms. The molecule has 0 fully saturated rings. The summed E-state index contributed by atoms with van der Waals surface area (Å²) in [5, 5.41) is 9.04. The summed E-state index contributed by atoms with van der Waals surface area (Å²) in [7, 11) is 0. The molecule has 118 valence electrons. The highest BCUT2D eigenvalue weighted by molar-refractivity contribution is 5.81. The van der Waals surface area contributed by atoms with Crippen LogP contribution in [0.3, 0.4) is 0 Å². The van der Waals surface area contributed by atoms with Crippen molar-refractivity contribution < 1.29 is 32.6 Å². The van der Waals surface area contributed by atoms with Crippen LogP contribution < -0.4 is 0 Å². The Labute approximate surface area is 116 Å². The minimum Gasteiger partial charge on any atom is -0.481 e. The standard InChI is InChI=1S/C13H21F3O4/c1-5-6-8(10(17)18)9(7-13(14,15)16)11(19)20-12(2,3)4/h8-9H,5-7H2,1-4H3,(H,17,18)/t8-,9?/m1/s1. The molecule has 0 aromatic rings. The Morgan fingerprint density at radius 3 is 1.95 bits per heavy atom.